The Kier molecular flexibility index (Phi) is 4.38. The molecule has 0 bridgehead atoms. The summed E-state index contributed by atoms with van der Waals surface area (Å²) in [5, 5.41) is 1.99. The molecule has 1 aromatic carbocycles. The van der Waals surface area contributed by atoms with Crippen LogP contribution in [0.4, 0.5) is 0 Å². The van der Waals surface area contributed by atoms with Gasteiger partial charge < -0.3 is 4.90 Å². The third-order valence-corrected chi connectivity index (χ3v) is 4.22. The first-order chi connectivity index (χ1) is 9.17. The molecule has 0 aliphatic heterocycles. The van der Waals surface area contributed by atoms with Crippen LogP contribution in [0, 0.1) is 6.92 Å². The molecule has 100 valence electrons. The quantitative estimate of drug-likeness (QED) is 0.817. The third-order valence-electron chi connectivity index (χ3n) is 3.26. The van der Waals surface area contributed by atoms with E-state index in [-0.39, 0.29) is 5.91 Å². The maximum atomic E-state index is 12.5. The summed E-state index contributed by atoms with van der Waals surface area (Å²) >= 11 is 1.63. The number of rotatable bonds is 4. The summed E-state index contributed by atoms with van der Waals surface area (Å²) in [7, 11) is 0. The molecule has 0 N–H and O–H groups in total. The minimum atomic E-state index is 0.127. The predicted octanol–water partition coefficient (Wildman–Crippen LogP) is 4.21. The van der Waals surface area contributed by atoms with Crippen LogP contribution in [0.3, 0.4) is 0 Å². The van der Waals surface area contributed by atoms with Crippen LogP contribution < -0.4 is 0 Å². The number of carbonyl (C=O) groups excluding carboxylic acids is 1. The molecule has 2 nitrogen and oxygen atoms in total. The predicted molar refractivity (Wildman–Crippen MR) is 81.7 cm³/mol. The lowest BCUT2D eigenvalue weighted by Crippen LogP contribution is -2.30. The zero-order chi connectivity index (χ0) is 13.8. The summed E-state index contributed by atoms with van der Waals surface area (Å²) in [6.45, 7) is 7.59. The lowest BCUT2D eigenvalue weighted by molar-refractivity contribution is 0.0774. The maximum Gasteiger partial charge on any atom is 0.255 e. The molecular formula is C16H19NOS. The van der Waals surface area contributed by atoms with Gasteiger partial charge in [0.15, 0.2) is 0 Å². The zero-order valence-corrected chi connectivity index (χ0v) is 12.5. The van der Waals surface area contributed by atoms with E-state index in [2.05, 4.69) is 31.2 Å². The Hall–Kier alpha value is -1.61. The summed E-state index contributed by atoms with van der Waals surface area (Å²) < 4.78 is 0. The van der Waals surface area contributed by atoms with Crippen molar-refractivity contribution < 1.29 is 4.79 Å². The van der Waals surface area contributed by atoms with Crippen LogP contribution in [0.2, 0.25) is 0 Å². The average Bonchev–Trinajstić information content (AvgIpc) is 2.90. The van der Waals surface area contributed by atoms with Gasteiger partial charge in [0.25, 0.3) is 5.91 Å². The van der Waals surface area contributed by atoms with Crippen molar-refractivity contribution in [2.24, 2.45) is 0 Å². The van der Waals surface area contributed by atoms with Crippen LogP contribution in [0.25, 0.3) is 10.4 Å². The second-order valence-corrected chi connectivity index (χ2v) is 5.42. The number of carbonyl (C=O) groups is 1. The van der Waals surface area contributed by atoms with Crippen LogP contribution in [-0.4, -0.2) is 23.9 Å². The Bertz CT molecular complexity index is 552. The van der Waals surface area contributed by atoms with E-state index in [1.165, 1.54) is 5.56 Å². The molecule has 0 radical (unpaired) electrons. The fraction of sp³-hybridized carbons (Fsp3) is 0.312. The number of hydrogen-bond donors (Lipinski definition) is 0. The monoisotopic (exact) mass is 273 g/mol. The van der Waals surface area contributed by atoms with Crippen molar-refractivity contribution in [2.75, 3.05) is 13.1 Å². The molecule has 0 atom stereocenters. The Morgan fingerprint density at radius 2 is 1.74 bits per heavy atom. The lowest BCUT2D eigenvalue weighted by atomic mass is 10.1. The molecule has 1 heterocycles. The minimum Gasteiger partial charge on any atom is -0.339 e. The molecular weight excluding hydrogens is 254 g/mol. The molecule has 0 unspecified atom stereocenters. The summed E-state index contributed by atoms with van der Waals surface area (Å²) in [5.41, 5.74) is 3.17. The van der Waals surface area contributed by atoms with Crippen molar-refractivity contribution in [3.8, 4) is 10.4 Å². The van der Waals surface area contributed by atoms with E-state index in [1.807, 2.05) is 30.2 Å². The molecule has 1 aromatic heterocycles. The highest BCUT2D eigenvalue weighted by atomic mass is 32.1. The molecule has 0 aliphatic carbocycles. The molecule has 3 heteroatoms. The first-order valence-electron chi connectivity index (χ1n) is 6.61. The van der Waals surface area contributed by atoms with Gasteiger partial charge in [-0.1, -0.05) is 29.8 Å². The molecule has 1 amide bonds. The Morgan fingerprint density at radius 1 is 1.11 bits per heavy atom. The number of benzene rings is 1. The van der Waals surface area contributed by atoms with Crippen LogP contribution >= 0.6 is 11.3 Å². The molecule has 0 saturated heterocycles. The van der Waals surface area contributed by atoms with Gasteiger partial charge in [-0.15, -0.1) is 11.3 Å². The molecule has 2 rings (SSSR count). The van der Waals surface area contributed by atoms with Gasteiger partial charge in [0.1, 0.15) is 0 Å². The summed E-state index contributed by atoms with van der Waals surface area (Å²) in [4.78, 5) is 15.4. The minimum absolute atomic E-state index is 0.127. The van der Waals surface area contributed by atoms with Crippen LogP contribution in [-0.2, 0) is 0 Å². The van der Waals surface area contributed by atoms with E-state index in [1.54, 1.807) is 11.3 Å². The Morgan fingerprint density at radius 3 is 2.32 bits per heavy atom. The summed E-state index contributed by atoms with van der Waals surface area (Å²) in [6.07, 6.45) is 0. The molecule has 2 aromatic rings. The smallest absolute Gasteiger partial charge is 0.255 e. The van der Waals surface area contributed by atoms with Crippen molar-refractivity contribution >= 4 is 17.2 Å². The topological polar surface area (TPSA) is 20.3 Å². The number of amides is 1. The fourth-order valence-electron chi connectivity index (χ4n) is 2.09. The second-order valence-electron chi connectivity index (χ2n) is 4.51. The average molecular weight is 273 g/mol. The van der Waals surface area contributed by atoms with Crippen molar-refractivity contribution in [3.63, 3.8) is 0 Å². The van der Waals surface area contributed by atoms with Gasteiger partial charge in [0.05, 0.1) is 5.56 Å². The molecule has 0 spiro atoms. The number of thiophene rings is 1. The highest BCUT2D eigenvalue weighted by Gasteiger charge is 2.18. The van der Waals surface area contributed by atoms with Crippen molar-refractivity contribution in [3.05, 3.63) is 46.8 Å². The number of nitrogens with zero attached hydrogens (tertiary/aromatic N) is 1. The molecule has 19 heavy (non-hydrogen) atoms. The van der Waals surface area contributed by atoms with Gasteiger partial charge in [-0.2, -0.15) is 0 Å². The molecule has 0 fully saturated rings. The van der Waals surface area contributed by atoms with Gasteiger partial charge in [0.2, 0.25) is 0 Å². The van der Waals surface area contributed by atoms with E-state index >= 15 is 0 Å². The van der Waals surface area contributed by atoms with Crippen molar-refractivity contribution in [1.82, 2.24) is 4.90 Å². The standard InChI is InChI=1S/C16H19NOS/c1-4-17(5-2)16(18)14-10-11-19-15(14)13-8-6-12(3)7-9-13/h6-11H,4-5H2,1-3H3. The highest BCUT2D eigenvalue weighted by molar-refractivity contribution is 7.14. The van der Waals surface area contributed by atoms with E-state index < -0.39 is 0 Å². The normalized spacial score (nSPS) is 10.5. The van der Waals surface area contributed by atoms with E-state index in [0.29, 0.717) is 0 Å². The highest BCUT2D eigenvalue weighted by Crippen LogP contribution is 2.30. The van der Waals surface area contributed by atoms with E-state index in [0.717, 1.165) is 29.1 Å². The molecule has 0 saturated carbocycles. The second kappa shape index (κ2) is 6.02. The van der Waals surface area contributed by atoms with Crippen molar-refractivity contribution in [1.29, 1.82) is 0 Å². The van der Waals surface area contributed by atoms with Crippen LogP contribution in [0.15, 0.2) is 35.7 Å². The van der Waals surface area contributed by atoms with Gasteiger partial charge in [-0.05, 0) is 37.8 Å². The first-order valence-corrected chi connectivity index (χ1v) is 7.49. The fourth-order valence-corrected chi connectivity index (χ4v) is 2.98. The number of hydrogen-bond acceptors (Lipinski definition) is 2. The summed E-state index contributed by atoms with van der Waals surface area (Å²) in [5.74, 6) is 0.127. The number of aryl methyl sites for hydroxylation is 1. The Labute approximate surface area is 118 Å². The summed E-state index contributed by atoms with van der Waals surface area (Å²) in [6, 6.07) is 10.3. The Balaban J connectivity index is 2.37. The largest absolute Gasteiger partial charge is 0.339 e. The maximum absolute atomic E-state index is 12.5. The van der Waals surface area contributed by atoms with Crippen LogP contribution in [0.5, 0.6) is 0 Å². The van der Waals surface area contributed by atoms with E-state index in [9.17, 15) is 4.79 Å². The first kappa shape index (κ1) is 13.8. The van der Waals surface area contributed by atoms with Gasteiger partial charge >= 0.3 is 0 Å². The third kappa shape index (κ3) is 2.87. The molecule has 0 aliphatic rings. The van der Waals surface area contributed by atoms with Gasteiger partial charge in [-0.25, -0.2) is 0 Å². The van der Waals surface area contributed by atoms with Gasteiger partial charge in [0, 0.05) is 18.0 Å². The van der Waals surface area contributed by atoms with Crippen molar-refractivity contribution in [2.45, 2.75) is 20.8 Å². The SMILES string of the molecule is CCN(CC)C(=O)c1ccsc1-c1ccc(C)cc1. The zero-order valence-electron chi connectivity index (χ0n) is 11.6. The van der Waals surface area contributed by atoms with Crippen LogP contribution in [0.1, 0.15) is 29.8 Å². The van der Waals surface area contributed by atoms with E-state index in [4.69, 9.17) is 0 Å². The lowest BCUT2D eigenvalue weighted by Gasteiger charge is -2.18. The van der Waals surface area contributed by atoms with Gasteiger partial charge in [-0.3, -0.25) is 4.79 Å².